The predicted octanol–water partition coefficient (Wildman–Crippen LogP) is 4.73. The van der Waals surface area contributed by atoms with Crippen molar-refractivity contribution in [2.45, 2.75) is 17.9 Å². The molecule has 0 radical (unpaired) electrons. The van der Waals surface area contributed by atoms with Crippen LogP contribution in [0.4, 0.5) is 0 Å². The second kappa shape index (κ2) is 7.98. The molecule has 0 saturated heterocycles. The number of pyridine rings is 1. The molecule has 2 heterocycles. The molecule has 3 aromatic rings. The van der Waals surface area contributed by atoms with Crippen molar-refractivity contribution >= 4 is 22.7 Å². The van der Waals surface area contributed by atoms with Gasteiger partial charge in [-0.3, -0.25) is 4.98 Å². The highest BCUT2D eigenvalue weighted by Gasteiger charge is 2.21. The van der Waals surface area contributed by atoms with Crippen LogP contribution in [-0.2, 0) is 0 Å². The van der Waals surface area contributed by atoms with Crippen LogP contribution >= 0.6 is 11.8 Å². The quantitative estimate of drug-likeness (QED) is 0.551. The Kier molecular flexibility index (Phi) is 5.26. The molecule has 0 amide bonds. The molecule has 2 aromatic carbocycles. The Hall–Kier alpha value is -2.92. The molecule has 0 fully saturated rings. The molecule has 3 N–H and O–H groups in total. The fraction of sp³-hybridized carbons (Fsp3) is 0.174. The molecule has 142 valence electrons. The smallest absolute Gasteiger partial charge is 0.147 e. The Morgan fingerprint density at radius 3 is 2.71 bits per heavy atom. The van der Waals surface area contributed by atoms with E-state index in [-0.39, 0.29) is 11.8 Å². The number of hydrogen-bond acceptors (Lipinski definition) is 5. The van der Waals surface area contributed by atoms with Crippen molar-refractivity contribution in [2.24, 2.45) is 0 Å². The molecular formula is C23H23N3OS. The second-order valence-corrected chi connectivity index (χ2v) is 7.70. The first kappa shape index (κ1) is 18.4. The van der Waals surface area contributed by atoms with Crippen LogP contribution in [0.1, 0.15) is 24.1 Å². The first-order valence-corrected chi connectivity index (χ1v) is 10.5. The van der Waals surface area contributed by atoms with Gasteiger partial charge in [-0.15, -0.1) is 11.8 Å². The van der Waals surface area contributed by atoms with E-state index in [1.54, 1.807) is 18.0 Å². The van der Waals surface area contributed by atoms with E-state index in [1.165, 1.54) is 10.5 Å². The molecule has 1 aliphatic rings. The van der Waals surface area contributed by atoms with Crippen LogP contribution in [0.25, 0.3) is 10.9 Å². The monoisotopic (exact) mass is 389 g/mol. The lowest BCUT2D eigenvalue weighted by molar-refractivity contribution is 0.465. The summed E-state index contributed by atoms with van der Waals surface area (Å²) < 4.78 is 0. The van der Waals surface area contributed by atoms with E-state index >= 15 is 0 Å². The molecule has 4 nitrogen and oxygen atoms in total. The van der Waals surface area contributed by atoms with Gasteiger partial charge in [-0.05, 0) is 48.6 Å². The number of aromatic hydroxyl groups is 1. The van der Waals surface area contributed by atoms with Crippen LogP contribution in [-0.4, -0.2) is 22.9 Å². The third kappa shape index (κ3) is 3.71. The van der Waals surface area contributed by atoms with E-state index in [9.17, 15) is 5.11 Å². The van der Waals surface area contributed by atoms with Crippen LogP contribution in [0.2, 0.25) is 0 Å². The van der Waals surface area contributed by atoms with Crippen LogP contribution in [0, 0.1) is 0 Å². The van der Waals surface area contributed by atoms with Gasteiger partial charge in [0.1, 0.15) is 11.3 Å². The number of benzene rings is 2. The fourth-order valence-corrected chi connectivity index (χ4v) is 3.83. The van der Waals surface area contributed by atoms with Gasteiger partial charge in [0, 0.05) is 28.6 Å². The van der Waals surface area contributed by atoms with Crippen molar-refractivity contribution < 1.29 is 5.11 Å². The fourth-order valence-electron chi connectivity index (χ4n) is 3.42. The molecule has 0 bridgehead atoms. The summed E-state index contributed by atoms with van der Waals surface area (Å²) in [4.78, 5) is 5.59. The van der Waals surface area contributed by atoms with Gasteiger partial charge in [0.25, 0.3) is 0 Å². The number of aromatic nitrogens is 1. The maximum Gasteiger partial charge on any atom is 0.147 e. The number of hydrogen-bond donors (Lipinski definition) is 3. The number of phenols is 1. The molecule has 28 heavy (non-hydrogen) atoms. The van der Waals surface area contributed by atoms with Crippen molar-refractivity contribution in [1.82, 2.24) is 15.6 Å². The number of rotatable bonds is 5. The van der Waals surface area contributed by atoms with Gasteiger partial charge >= 0.3 is 0 Å². The number of allylic oxidation sites excluding steroid dienone is 2. The average molecular weight is 390 g/mol. The minimum absolute atomic E-state index is 0.202. The number of dihydropyridines is 1. The van der Waals surface area contributed by atoms with Crippen LogP contribution in [0.3, 0.4) is 0 Å². The lowest BCUT2D eigenvalue weighted by Gasteiger charge is -2.26. The number of fused-ring (bicyclic) bond motifs is 1. The van der Waals surface area contributed by atoms with E-state index in [4.69, 9.17) is 0 Å². The van der Waals surface area contributed by atoms with Crippen LogP contribution in [0.15, 0.2) is 83.2 Å². The zero-order chi connectivity index (χ0) is 19.5. The number of thioether (sulfide) groups is 1. The first-order chi connectivity index (χ1) is 13.7. The van der Waals surface area contributed by atoms with Crippen molar-refractivity contribution in [3.63, 3.8) is 0 Å². The summed E-state index contributed by atoms with van der Waals surface area (Å²) in [6, 6.07) is 16.1. The van der Waals surface area contributed by atoms with Gasteiger partial charge in [-0.25, -0.2) is 0 Å². The highest BCUT2D eigenvalue weighted by Crippen LogP contribution is 2.35. The van der Waals surface area contributed by atoms with Gasteiger partial charge in [-0.2, -0.15) is 0 Å². The summed E-state index contributed by atoms with van der Waals surface area (Å²) >= 11 is 1.72. The lowest BCUT2D eigenvalue weighted by Crippen LogP contribution is -2.32. The second-order valence-electron chi connectivity index (χ2n) is 6.82. The van der Waals surface area contributed by atoms with E-state index in [0.29, 0.717) is 5.52 Å². The van der Waals surface area contributed by atoms with Crippen molar-refractivity contribution in [2.75, 3.05) is 12.8 Å². The first-order valence-electron chi connectivity index (χ1n) is 9.25. The lowest BCUT2D eigenvalue weighted by atomic mass is 9.96. The third-order valence-electron chi connectivity index (χ3n) is 4.93. The predicted molar refractivity (Wildman–Crippen MR) is 116 cm³/mol. The normalized spacial score (nSPS) is 14.8. The van der Waals surface area contributed by atoms with E-state index in [1.807, 2.05) is 24.3 Å². The Labute approximate surface area is 169 Å². The zero-order valence-electron chi connectivity index (χ0n) is 15.9. The summed E-state index contributed by atoms with van der Waals surface area (Å²) in [5.41, 5.74) is 3.72. The maximum atomic E-state index is 11.0. The van der Waals surface area contributed by atoms with Gasteiger partial charge in [-0.1, -0.05) is 36.4 Å². The highest BCUT2D eigenvalue weighted by molar-refractivity contribution is 7.98. The Morgan fingerprint density at radius 2 is 1.96 bits per heavy atom. The average Bonchev–Trinajstić information content (AvgIpc) is 2.73. The summed E-state index contributed by atoms with van der Waals surface area (Å²) in [7, 11) is 0. The zero-order valence-corrected chi connectivity index (χ0v) is 16.8. The number of nitrogens with zero attached hydrogens (tertiary/aromatic N) is 1. The Balaban J connectivity index is 1.80. The molecule has 4 rings (SSSR count). The van der Waals surface area contributed by atoms with E-state index < -0.39 is 0 Å². The van der Waals surface area contributed by atoms with Crippen LogP contribution in [0.5, 0.6) is 5.75 Å². The Bertz CT molecular complexity index is 1060. The standard InChI is InChI=1S/C23H23N3OS/c1-15-11-13-24-20(14-15)26-21(17-5-8-18(28-2)9-6-17)19-10-7-16-4-3-12-25-22(16)23(19)27/h3-12,14,21,24,26-27H,13H2,1-2H3. The van der Waals surface area contributed by atoms with E-state index in [2.05, 4.69) is 65.2 Å². The number of phenolic OH excluding ortho intramolecular Hbond substituents is 1. The van der Waals surface area contributed by atoms with Gasteiger partial charge in [0.2, 0.25) is 0 Å². The van der Waals surface area contributed by atoms with Gasteiger partial charge in [0.05, 0.1) is 11.9 Å². The maximum absolute atomic E-state index is 11.0. The third-order valence-corrected chi connectivity index (χ3v) is 5.67. The van der Waals surface area contributed by atoms with Crippen molar-refractivity contribution in [3.8, 4) is 5.75 Å². The number of nitrogens with one attached hydrogen (secondary N) is 2. The topological polar surface area (TPSA) is 57.2 Å². The molecule has 5 heteroatoms. The summed E-state index contributed by atoms with van der Waals surface area (Å²) in [6.07, 6.45) is 8.01. The van der Waals surface area contributed by atoms with Crippen molar-refractivity contribution in [1.29, 1.82) is 0 Å². The molecule has 1 unspecified atom stereocenters. The molecular weight excluding hydrogens is 366 g/mol. The molecule has 0 spiro atoms. The molecule has 1 aromatic heterocycles. The summed E-state index contributed by atoms with van der Waals surface area (Å²) in [5, 5.41) is 18.9. The van der Waals surface area contributed by atoms with E-state index in [0.717, 1.165) is 28.9 Å². The molecule has 0 saturated carbocycles. The van der Waals surface area contributed by atoms with Crippen LogP contribution < -0.4 is 10.6 Å². The minimum Gasteiger partial charge on any atom is -0.505 e. The summed E-state index contributed by atoms with van der Waals surface area (Å²) in [5.74, 6) is 1.16. The molecule has 1 aliphatic heterocycles. The summed E-state index contributed by atoms with van der Waals surface area (Å²) in [6.45, 7) is 2.87. The van der Waals surface area contributed by atoms with Crippen molar-refractivity contribution in [3.05, 3.63) is 89.4 Å². The largest absolute Gasteiger partial charge is 0.505 e. The molecule has 0 aliphatic carbocycles. The Morgan fingerprint density at radius 1 is 1.14 bits per heavy atom. The highest BCUT2D eigenvalue weighted by atomic mass is 32.2. The minimum atomic E-state index is -0.202. The van der Waals surface area contributed by atoms with Gasteiger partial charge < -0.3 is 15.7 Å². The van der Waals surface area contributed by atoms with Gasteiger partial charge in [0.15, 0.2) is 0 Å². The SMILES string of the molecule is CSc1ccc(C(NC2=CC(C)=CCN2)c2ccc3cccnc3c2O)cc1. The molecule has 1 atom stereocenters.